The summed E-state index contributed by atoms with van der Waals surface area (Å²) in [5.74, 6) is 2.22. The van der Waals surface area contributed by atoms with Crippen LogP contribution in [0.3, 0.4) is 0 Å². The van der Waals surface area contributed by atoms with Gasteiger partial charge in [-0.1, -0.05) is 18.6 Å². The first-order chi connectivity index (χ1) is 8.23. The Kier molecular flexibility index (Phi) is 2.33. The van der Waals surface area contributed by atoms with Crippen molar-refractivity contribution in [3.63, 3.8) is 0 Å². The maximum Gasteiger partial charge on any atom is 0.166 e. The third kappa shape index (κ3) is 1.32. The maximum absolute atomic E-state index is 10.8. The largest absolute Gasteiger partial charge is 0.493 e. The van der Waals surface area contributed by atoms with E-state index in [4.69, 9.17) is 9.47 Å². The van der Waals surface area contributed by atoms with E-state index in [1.54, 1.807) is 14.2 Å². The summed E-state index contributed by atoms with van der Waals surface area (Å²) < 4.78 is 10.7. The van der Waals surface area contributed by atoms with Crippen molar-refractivity contribution in [2.45, 2.75) is 24.9 Å². The molecule has 1 aromatic carbocycles. The van der Waals surface area contributed by atoms with Crippen LogP contribution in [0.5, 0.6) is 11.5 Å². The number of para-hydroxylation sites is 1. The Hall–Kier alpha value is -1.22. The van der Waals surface area contributed by atoms with E-state index in [0.717, 1.165) is 18.4 Å². The van der Waals surface area contributed by atoms with Gasteiger partial charge in [-0.25, -0.2) is 0 Å². The zero-order valence-corrected chi connectivity index (χ0v) is 10.3. The molecule has 92 valence electrons. The summed E-state index contributed by atoms with van der Waals surface area (Å²) in [4.78, 5) is 0. The van der Waals surface area contributed by atoms with Crippen molar-refractivity contribution in [2.24, 2.45) is 11.8 Å². The van der Waals surface area contributed by atoms with Crippen LogP contribution in [-0.4, -0.2) is 19.3 Å². The lowest BCUT2D eigenvalue weighted by Gasteiger charge is -2.19. The molecule has 2 unspecified atom stereocenters. The Morgan fingerprint density at radius 1 is 1.18 bits per heavy atom. The van der Waals surface area contributed by atoms with Gasteiger partial charge in [0, 0.05) is 5.56 Å². The first-order valence-corrected chi connectivity index (χ1v) is 6.17. The van der Waals surface area contributed by atoms with E-state index < -0.39 is 5.60 Å². The van der Waals surface area contributed by atoms with Crippen LogP contribution < -0.4 is 9.47 Å². The SMILES string of the molecule is COc1cccc(C2(O)C3CCCC32)c1OC. The average molecular weight is 234 g/mol. The molecule has 3 rings (SSSR count). The van der Waals surface area contributed by atoms with E-state index in [1.807, 2.05) is 18.2 Å². The third-order valence-corrected chi connectivity index (χ3v) is 4.37. The van der Waals surface area contributed by atoms with Crippen LogP contribution in [0.2, 0.25) is 0 Å². The van der Waals surface area contributed by atoms with Gasteiger partial charge in [0.05, 0.1) is 19.8 Å². The molecule has 3 heteroatoms. The Morgan fingerprint density at radius 2 is 1.88 bits per heavy atom. The Labute approximate surface area is 101 Å². The zero-order valence-electron chi connectivity index (χ0n) is 10.3. The molecule has 0 radical (unpaired) electrons. The zero-order chi connectivity index (χ0) is 12.0. The fourth-order valence-electron chi connectivity index (χ4n) is 3.52. The molecule has 2 atom stereocenters. The normalized spacial score (nSPS) is 34.3. The predicted octanol–water partition coefficient (Wildman–Crippen LogP) is 2.32. The van der Waals surface area contributed by atoms with Crippen LogP contribution in [0.4, 0.5) is 0 Å². The molecule has 1 aromatic rings. The molecule has 0 spiro atoms. The second-order valence-electron chi connectivity index (χ2n) is 5.01. The number of hydrogen-bond donors (Lipinski definition) is 1. The monoisotopic (exact) mass is 234 g/mol. The van der Waals surface area contributed by atoms with Crippen LogP contribution in [0.1, 0.15) is 24.8 Å². The third-order valence-electron chi connectivity index (χ3n) is 4.37. The molecule has 0 heterocycles. The number of hydrogen-bond acceptors (Lipinski definition) is 3. The van der Waals surface area contributed by atoms with Gasteiger partial charge in [-0.15, -0.1) is 0 Å². The Balaban J connectivity index is 2.04. The van der Waals surface area contributed by atoms with Crippen molar-refractivity contribution in [1.29, 1.82) is 0 Å². The molecule has 2 aliphatic carbocycles. The summed E-state index contributed by atoms with van der Waals surface area (Å²) in [7, 11) is 3.25. The summed E-state index contributed by atoms with van der Waals surface area (Å²) in [6.45, 7) is 0. The summed E-state index contributed by atoms with van der Waals surface area (Å²) in [5.41, 5.74) is 0.229. The highest BCUT2D eigenvalue weighted by Gasteiger charge is 2.67. The molecule has 2 fully saturated rings. The Bertz CT molecular complexity index is 431. The summed E-state index contributed by atoms with van der Waals surface area (Å²) in [6.07, 6.45) is 3.49. The van der Waals surface area contributed by atoms with E-state index in [2.05, 4.69) is 0 Å². The van der Waals surface area contributed by atoms with E-state index in [0.29, 0.717) is 23.3 Å². The first-order valence-electron chi connectivity index (χ1n) is 6.17. The molecule has 2 aliphatic rings. The van der Waals surface area contributed by atoms with Gasteiger partial charge in [0.25, 0.3) is 0 Å². The number of rotatable bonds is 3. The number of fused-ring (bicyclic) bond motifs is 1. The summed E-state index contributed by atoms with van der Waals surface area (Å²) in [5, 5.41) is 10.8. The number of aliphatic hydroxyl groups is 1. The molecule has 3 nitrogen and oxygen atoms in total. The van der Waals surface area contributed by atoms with Crippen molar-refractivity contribution in [3.8, 4) is 11.5 Å². The fraction of sp³-hybridized carbons (Fsp3) is 0.571. The smallest absolute Gasteiger partial charge is 0.166 e. The quantitative estimate of drug-likeness (QED) is 0.872. The molecule has 0 amide bonds. The van der Waals surface area contributed by atoms with E-state index in [-0.39, 0.29) is 0 Å². The van der Waals surface area contributed by atoms with Gasteiger partial charge >= 0.3 is 0 Å². The Morgan fingerprint density at radius 3 is 2.47 bits per heavy atom. The van der Waals surface area contributed by atoms with Gasteiger partial charge in [0.1, 0.15) is 0 Å². The standard InChI is InChI=1S/C14H18O3/c1-16-12-8-4-7-11(13(12)17-2)14(15)9-5-3-6-10(9)14/h4,7-10,15H,3,5-6H2,1-2H3. The van der Waals surface area contributed by atoms with Gasteiger partial charge < -0.3 is 14.6 Å². The molecule has 0 aromatic heterocycles. The van der Waals surface area contributed by atoms with Crippen LogP contribution in [0, 0.1) is 11.8 Å². The van der Waals surface area contributed by atoms with Crippen molar-refractivity contribution in [3.05, 3.63) is 23.8 Å². The molecule has 1 N–H and O–H groups in total. The molecule has 17 heavy (non-hydrogen) atoms. The fourth-order valence-corrected chi connectivity index (χ4v) is 3.52. The van der Waals surface area contributed by atoms with Crippen molar-refractivity contribution >= 4 is 0 Å². The predicted molar refractivity (Wildman–Crippen MR) is 64.3 cm³/mol. The second kappa shape index (κ2) is 3.64. The van der Waals surface area contributed by atoms with Gasteiger partial charge in [-0.3, -0.25) is 0 Å². The topological polar surface area (TPSA) is 38.7 Å². The molecule has 0 aliphatic heterocycles. The van der Waals surface area contributed by atoms with E-state index in [1.165, 1.54) is 6.42 Å². The maximum atomic E-state index is 10.8. The van der Waals surface area contributed by atoms with Gasteiger partial charge in [-0.2, -0.15) is 0 Å². The van der Waals surface area contributed by atoms with Crippen molar-refractivity contribution in [1.82, 2.24) is 0 Å². The minimum Gasteiger partial charge on any atom is -0.493 e. The number of methoxy groups -OCH3 is 2. The van der Waals surface area contributed by atoms with E-state index >= 15 is 0 Å². The molecular formula is C14H18O3. The molecule has 0 bridgehead atoms. The van der Waals surface area contributed by atoms with Crippen LogP contribution >= 0.6 is 0 Å². The number of ether oxygens (including phenoxy) is 2. The van der Waals surface area contributed by atoms with Gasteiger partial charge in [-0.05, 0) is 30.7 Å². The van der Waals surface area contributed by atoms with Gasteiger partial charge in [0.2, 0.25) is 0 Å². The lowest BCUT2D eigenvalue weighted by atomic mass is 9.98. The lowest BCUT2D eigenvalue weighted by molar-refractivity contribution is 0.102. The molecule has 2 saturated carbocycles. The summed E-state index contributed by atoms with van der Waals surface area (Å²) in [6, 6.07) is 5.74. The summed E-state index contributed by atoms with van der Waals surface area (Å²) >= 11 is 0. The van der Waals surface area contributed by atoms with Crippen molar-refractivity contribution in [2.75, 3.05) is 14.2 Å². The minimum absolute atomic E-state index is 0.420. The molecular weight excluding hydrogens is 216 g/mol. The van der Waals surface area contributed by atoms with Crippen LogP contribution in [-0.2, 0) is 5.60 Å². The van der Waals surface area contributed by atoms with Crippen LogP contribution in [0.15, 0.2) is 18.2 Å². The highest BCUT2D eigenvalue weighted by atomic mass is 16.5. The highest BCUT2D eigenvalue weighted by Crippen LogP contribution is 2.67. The first kappa shape index (κ1) is 10.9. The van der Waals surface area contributed by atoms with Crippen molar-refractivity contribution < 1.29 is 14.6 Å². The number of benzene rings is 1. The van der Waals surface area contributed by atoms with E-state index in [9.17, 15) is 5.11 Å². The lowest BCUT2D eigenvalue weighted by Crippen LogP contribution is -2.14. The molecule has 0 saturated heterocycles. The second-order valence-corrected chi connectivity index (χ2v) is 5.01. The minimum atomic E-state index is -0.669. The average Bonchev–Trinajstić information content (AvgIpc) is 2.77. The highest BCUT2D eigenvalue weighted by molar-refractivity contribution is 5.52. The van der Waals surface area contributed by atoms with Gasteiger partial charge in [0.15, 0.2) is 11.5 Å². The van der Waals surface area contributed by atoms with Crippen LogP contribution in [0.25, 0.3) is 0 Å².